The molecule has 0 bridgehead atoms. The summed E-state index contributed by atoms with van der Waals surface area (Å²) in [6.45, 7) is 1.34. The Morgan fingerprint density at radius 2 is 1.88 bits per heavy atom. The second-order valence-electron chi connectivity index (χ2n) is 6.27. The summed E-state index contributed by atoms with van der Waals surface area (Å²) in [6, 6.07) is 15.8. The lowest BCUT2D eigenvalue weighted by Crippen LogP contribution is -2.23. The van der Waals surface area contributed by atoms with E-state index in [-0.39, 0.29) is 11.6 Å². The highest BCUT2D eigenvalue weighted by Crippen LogP contribution is 2.14. The molecule has 1 heterocycles. The summed E-state index contributed by atoms with van der Waals surface area (Å²) in [5, 5.41) is 10.9. The molecule has 134 valence electrons. The Bertz CT molecular complexity index is 889. The topological polar surface area (TPSA) is 63.1 Å². The maximum absolute atomic E-state index is 12.3. The fourth-order valence-corrected chi connectivity index (χ4v) is 2.90. The first-order valence-corrected chi connectivity index (χ1v) is 8.99. The maximum Gasteiger partial charge on any atom is 0.273 e. The highest BCUT2D eigenvalue weighted by atomic mass is 79.9. The number of nitrogens with zero attached hydrogens (tertiary/aromatic N) is 4. The Kier molecular flexibility index (Phi) is 5.80. The van der Waals surface area contributed by atoms with Gasteiger partial charge in [-0.25, -0.2) is 4.68 Å². The van der Waals surface area contributed by atoms with Crippen molar-refractivity contribution in [3.63, 3.8) is 0 Å². The molecule has 0 aliphatic carbocycles. The van der Waals surface area contributed by atoms with Crippen LogP contribution in [0.25, 0.3) is 5.69 Å². The van der Waals surface area contributed by atoms with Gasteiger partial charge in [-0.05, 0) is 43.4 Å². The number of rotatable bonds is 6. The van der Waals surface area contributed by atoms with Crippen LogP contribution in [0.2, 0.25) is 0 Å². The fraction of sp³-hybridized carbons (Fsp3) is 0.211. The van der Waals surface area contributed by atoms with E-state index in [1.54, 1.807) is 10.9 Å². The van der Waals surface area contributed by atoms with Crippen molar-refractivity contribution in [2.45, 2.75) is 13.1 Å². The zero-order valence-corrected chi connectivity index (χ0v) is 16.3. The molecule has 3 aromatic rings. The summed E-state index contributed by atoms with van der Waals surface area (Å²) in [5.41, 5.74) is 3.40. The average Bonchev–Trinajstić information content (AvgIpc) is 3.11. The number of carbonyl (C=O) groups excluding carboxylic acids is 1. The Balaban J connectivity index is 1.60. The number of aromatic nitrogens is 3. The monoisotopic (exact) mass is 413 g/mol. The van der Waals surface area contributed by atoms with Crippen LogP contribution in [-0.2, 0) is 13.1 Å². The zero-order valence-electron chi connectivity index (χ0n) is 14.7. The van der Waals surface area contributed by atoms with E-state index in [2.05, 4.69) is 48.6 Å². The van der Waals surface area contributed by atoms with Crippen LogP contribution in [0.1, 0.15) is 21.6 Å². The Labute approximate surface area is 161 Å². The predicted octanol–water partition coefficient (Wildman–Crippen LogP) is 3.02. The minimum Gasteiger partial charge on any atom is -0.347 e. The molecule has 0 saturated heterocycles. The third kappa shape index (κ3) is 4.77. The summed E-state index contributed by atoms with van der Waals surface area (Å²) in [6.07, 6.45) is 1.62. The molecule has 0 aliphatic rings. The fourth-order valence-electron chi connectivity index (χ4n) is 2.51. The maximum atomic E-state index is 12.3. The van der Waals surface area contributed by atoms with Crippen LogP contribution in [0, 0.1) is 0 Å². The van der Waals surface area contributed by atoms with E-state index in [0.717, 1.165) is 22.3 Å². The molecule has 3 rings (SSSR count). The van der Waals surface area contributed by atoms with Crippen LogP contribution >= 0.6 is 15.9 Å². The third-order valence-electron chi connectivity index (χ3n) is 3.77. The number of halogens is 1. The number of hydrogen-bond acceptors (Lipinski definition) is 4. The number of amides is 1. The molecule has 26 heavy (non-hydrogen) atoms. The molecule has 1 amide bonds. The Morgan fingerprint density at radius 3 is 2.58 bits per heavy atom. The second kappa shape index (κ2) is 8.25. The van der Waals surface area contributed by atoms with Crippen LogP contribution in [0.5, 0.6) is 0 Å². The largest absolute Gasteiger partial charge is 0.347 e. The van der Waals surface area contributed by atoms with Crippen LogP contribution in [0.4, 0.5) is 0 Å². The van der Waals surface area contributed by atoms with E-state index in [0.29, 0.717) is 6.54 Å². The van der Waals surface area contributed by atoms with Gasteiger partial charge in [-0.2, -0.15) is 0 Å². The van der Waals surface area contributed by atoms with Crippen molar-refractivity contribution in [3.8, 4) is 5.69 Å². The van der Waals surface area contributed by atoms with E-state index in [1.165, 1.54) is 5.56 Å². The lowest BCUT2D eigenvalue weighted by Gasteiger charge is -2.10. The van der Waals surface area contributed by atoms with Gasteiger partial charge < -0.3 is 10.2 Å². The summed E-state index contributed by atoms with van der Waals surface area (Å²) in [7, 11) is 4.07. The standard InChI is InChI=1S/C19H20BrN5O/c1-24(2)12-15-8-6-14(7-9-15)11-21-19(26)18-13-25(23-22-18)17-5-3-4-16(20)10-17/h3-10,13H,11-12H2,1-2H3,(H,21,26). The molecule has 1 N–H and O–H groups in total. The van der Waals surface area contributed by atoms with Crippen LogP contribution in [-0.4, -0.2) is 39.9 Å². The first-order valence-electron chi connectivity index (χ1n) is 8.20. The molecule has 2 aromatic carbocycles. The molecule has 0 saturated carbocycles. The molecule has 6 nitrogen and oxygen atoms in total. The molecule has 0 spiro atoms. The molecular weight excluding hydrogens is 394 g/mol. The van der Waals surface area contributed by atoms with Gasteiger partial charge in [0.05, 0.1) is 11.9 Å². The van der Waals surface area contributed by atoms with Gasteiger partial charge in [0.2, 0.25) is 0 Å². The van der Waals surface area contributed by atoms with Gasteiger partial charge in [0.1, 0.15) is 0 Å². The third-order valence-corrected chi connectivity index (χ3v) is 4.27. The SMILES string of the molecule is CN(C)Cc1ccc(CNC(=O)c2cn(-c3cccc(Br)c3)nn2)cc1. The van der Waals surface area contributed by atoms with Gasteiger partial charge in [0.25, 0.3) is 5.91 Å². The van der Waals surface area contributed by atoms with Crippen molar-refractivity contribution in [1.29, 1.82) is 0 Å². The van der Waals surface area contributed by atoms with E-state index in [4.69, 9.17) is 0 Å². The second-order valence-corrected chi connectivity index (χ2v) is 7.18. The number of nitrogens with one attached hydrogen (secondary N) is 1. The van der Waals surface area contributed by atoms with Crippen molar-refractivity contribution in [2.24, 2.45) is 0 Å². The van der Waals surface area contributed by atoms with E-state index in [1.807, 2.05) is 50.5 Å². The quantitative estimate of drug-likeness (QED) is 0.674. The van der Waals surface area contributed by atoms with Crippen LogP contribution in [0.15, 0.2) is 59.2 Å². The lowest BCUT2D eigenvalue weighted by atomic mass is 10.1. The summed E-state index contributed by atoms with van der Waals surface area (Å²) >= 11 is 3.42. The smallest absolute Gasteiger partial charge is 0.273 e. The minimum atomic E-state index is -0.247. The number of carbonyl (C=O) groups is 1. The van der Waals surface area contributed by atoms with E-state index >= 15 is 0 Å². The van der Waals surface area contributed by atoms with Crippen LogP contribution < -0.4 is 5.32 Å². The molecule has 0 fully saturated rings. The zero-order chi connectivity index (χ0) is 18.5. The van der Waals surface area contributed by atoms with Crippen molar-refractivity contribution < 1.29 is 4.79 Å². The van der Waals surface area contributed by atoms with Gasteiger partial charge in [0, 0.05) is 17.6 Å². The van der Waals surface area contributed by atoms with Crippen molar-refractivity contribution in [1.82, 2.24) is 25.2 Å². The summed E-state index contributed by atoms with van der Waals surface area (Å²) in [5.74, 6) is -0.247. The molecule has 0 atom stereocenters. The van der Waals surface area contributed by atoms with Crippen molar-refractivity contribution in [2.75, 3.05) is 14.1 Å². The highest BCUT2D eigenvalue weighted by molar-refractivity contribution is 9.10. The van der Waals surface area contributed by atoms with Crippen molar-refractivity contribution >= 4 is 21.8 Å². The van der Waals surface area contributed by atoms with Crippen molar-refractivity contribution in [3.05, 3.63) is 76.0 Å². The highest BCUT2D eigenvalue weighted by Gasteiger charge is 2.11. The molecule has 1 aromatic heterocycles. The summed E-state index contributed by atoms with van der Waals surface area (Å²) < 4.78 is 2.52. The minimum absolute atomic E-state index is 0.247. The van der Waals surface area contributed by atoms with Gasteiger partial charge in [0.15, 0.2) is 5.69 Å². The van der Waals surface area contributed by atoms with E-state index in [9.17, 15) is 4.79 Å². The van der Waals surface area contributed by atoms with Gasteiger partial charge in [-0.3, -0.25) is 4.79 Å². The van der Waals surface area contributed by atoms with Crippen LogP contribution in [0.3, 0.4) is 0 Å². The lowest BCUT2D eigenvalue weighted by molar-refractivity contribution is 0.0946. The normalized spacial score (nSPS) is 10.9. The molecule has 0 radical (unpaired) electrons. The molecular formula is C19H20BrN5O. The van der Waals surface area contributed by atoms with Gasteiger partial charge >= 0.3 is 0 Å². The first kappa shape index (κ1) is 18.3. The summed E-state index contributed by atoms with van der Waals surface area (Å²) in [4.78, 5) is 14.4. The number of benzene rings is 2. The van der Waals surface area contributed by atoms with E-state index < -0.39 is 0 Å². The molecule has 7 heteroatoms. The first-order chi connectivity index (χ1) is 12.5. The Morgan fingerprint density at radius 1 is 1.15 bits per heavy atom. The van der Waals surface area contributed by atoms with Gasteiger partial charge in [-0.15, -0.1) is 5.10 Å². The Hall–Kier alpha value is -2.51. The predicted molar refractivity (Wildman–Crippen MR) is 104 cm³/mol. The molecule has 0 aliphatic heterocycles. The molecule has 0 unspecified atom stereocenters. The average molecular weight is 414 g/mol. The van der Waals surface area contributed by atoms with Gasteiger partial charge in [-0.1, -0.05) is 51.5 Å². The number of hydrogen-bond donors (Lipinski definition) is 1.